The Morgan fingerprint density at radius 2 is 1.50 bits per heavy atom. The van der Waals surface area contributed by atoms with Crippen molar-refractivity contribution in [3.05, 3.63) is 101 Å². The Balaban J connectivity index is 2.09. The molecular formula is C21H16N4O3S2. The molecular weight excluding hydrogens is 420 g/mol. The maximum Gasteiger partial charge on any atom is 0.268 e. The molecule has 0 N–H and O–H groups in total. The lowest BCUT2D eigenvalue weighted by Crippen LogP contribution is -2.16. The van der Waals surface area contributed by atoms with Gasteiger partial charge in [0.2, 0.25) is 0 Å². The van der Waals surface area contributed by atoms with Crippen molar-refractivity contribution in [1.82, 2.24) is 3.97 Å². The van der Waals surface area contributed by atoms with Crippen molar-refractivity contribution in [3.8, 4) is 0 Å². The van der Waals surface area contributed by atoms with Gasteiger partial charge in [-0.2, -0.15) is 0 Å². The standard InChI is InChI=1S/C21H16N4O3S2/c22-24-23-15-20-21(29(26)16-9-3-1-4-10-16)18-13-7-8-14-19(18)25(20)30(27,28)17-11-5-2-6-12-17/h1-14H,15H2. The number of nitrogens with zero attached hydrogens (tertiary/aromatic N) is 4. The molecule has 1 heterocycles. The van der Waals surface area contributed by atoms with Gasteiger partial charge in [0.05, 0.1) is 38.3 Å². The van der Waals surface area contributed by atoms with Crippen molar-refractivity contribution in [3.63, 3.8) is 0 Å². The third-order valence-corrected chi connectivity index (χ3v) is 7.87. The minimum Gasteiger partial charge on any atom is -0.249 e. The van der Waals surface area contributed by atoms with Crippen LogP contribution < -0.4 is 0 Å². The Morgan fingerprint density at radius 1 is 0.900 bits per heavy atom. The molecule has 4 rings (SSSR count). The van der Waals surface area contributed by atoms with E-state index in [0.717, 1.165) is 3.97 Å². The first-order valence-corrected chi connectivity index (χ1v) is 11.6. The van der Waals surface area contributed by atoms with Gasteiger partial charge in [-0.15, -0.1) is 0 Å². The average molecular weight is 437 g/mol. The molecule has 1 atom stereocenters. The van der Waals surface area contributed by atoms with E-state index in [0.29, 0.717) is 20.7 Å². The normalized spacial score (nSPS) is 12.4. The summed E-state index contributed by atoms with van der Waals surface area (Å²) < 4.78 is 41.7. The van der Waals surface area contributed by atoms with E-state index in [1.54, 1.807) is 66.7 Å². The van der Waals surface area contributed by atoms with Crippen LogP contribution >= 0.6 is 0 Å². The lowest BCUT2D eigenvalue weighted by molar-refractivity contribution is 0.586. The highest BCUT2D eigenvalue weighted by molar-refractivity contribution is 7.90. The monoisotopic (exact) mass is 436 g/mol. The summed E-state index contributed by atoms with van der Waals surface area (Å²) in [5.41, 5.74) is 9.44. The molecule has 1 aromatic heterocycles. The van der Waals surface area contributed by atoms with Crippen molar-refractivity contribution in [1.29, 1.82) is 0 Å². The molecule has 4 aromatic rings. The molecule has 0 aliphatic heterocycles. The molecule has 0 bridgehead atoms. The van der Waals surface area contributed by atoms with E-state index >= 15 is 0 Å². The summed E-state index contributed by atoms with van der Waals surface area (Å²) in [6.07, 6.45) is 0. The number of azide groups is 1. The lowest BCUT2D eigenvalue weighted by atomic mass is 10.2. The zero-order valence-electron chi connectivity index (χ0n) is 15.6. The van der Waals surface area contributed by atoms with Crippen molar-refractivity contribution >= 4 is 31.7 Å². The van der Waals surface area contributed by atoms with Crippen LogP contribution in [0.25, 0.3) is 21.3 Å². The number of para-hydroxylation sites is 1. The molecule has 0 saturated carbocycles. The van der Waals surface area contributed by atoms with Gasteiger partial charge in [-0.1, -0.05) is 59.7 Å². The third kappa shape index (κ3) is 3.39. The quantitative estimate of drug-likeness (QED) is 0.245. The lowest BCUT2D eigenvalue weighted by Gasteiger charge is -2.12. The number of fused-ring (bicyclic) bond motifs is 1. The number of rotatable bonds is 6. The van der Waals surface area contributed by atoms with E-state index in [4.69, 9.17) is 5.53 Å². The molecule has 0 radical (unpaired) electrons. The van der Waals surface area contributed by atoms with Crippen LogP contribution in [0.3, 0.4) is 0 Å². The van der Waals surface area contributed by atoms with E-state index in [9.17, 15) is 12.6 Å². The van der Waals surface area contributed by atoms with Crippen LogP contribution in [0.15, 0.2) is 105 Å². The fourth-order valence-corrected chi connectivity index (χ4v) is 6.32. The second kappa shape index (κ2) is 8.16. The topological polar surface area (TPSA) is 105 Å². The number of benzene rings is 3. The predicted molar refractivity (Wildman–Crippen MR) is 115 cm³/mol. The van der Waals surface area contributed by atoms with E-state index in [2.05, 4.69) is 10.0 Å². The van der Waals surface area contributed by atoms with E-state index in [1.165, 1.54) is 12.1 Å². The second-order valence-electron chi connectivity index (χ2n) is 6.35. The maximum atomic E-state index is 13.5. The van der Waals surface area contributed by atoms with E-state index < -0.39 is 20.8 Å². The zero-order valence-corrected chi connectivity index (χ0v) is 17.3. The van der Waals surface area contributed by atoms with Gasteiger partial charge in [0.1, 0.15) is 0 Å². The third-order valence-electron chi connectivity index (χ3n) is 4.58. The SMILES string of the molecule is [N-]=[N+]=NCc1c(S(=O)c2ccccc2)c2ccccc2n1S(=O)(=O)c1ccccc1. The Labute approximate surface area is 175 Å². The van der Waals surface area contributed by atoms with Gasteiger partial charge < -0.3 is 0 Å². The smallest absolute Gasteiger partial charge is 0.249 e. The van der Waals surface area contributed by atoms with Gasteiger partial charge in [0.15, 0.2) is 0 Å². The predicted octanol–water partition coefficient (Wildman–Crippen LogP) is 4.86. The van der Waals surface area contributed by atoms with E-state index in [-0.39, 0.29) is 17.1 Å². The number of hydrogen-bond donors (Lipinski definition) is 0. The molecule has 0 saturated heterocycles. The fourth-order valence-electron chi connectivity index (χ4n) is 3.31. The van der Waals surface area contributed by atoms with Gasteiger partial charge in [0, 0.05) is 15.2 Å². The van der Waals surface area contributed by atoms with Crippen molar-refractivity contribution in [2.45, 2.75) is 21.2 Å². The van der Waals surface area contributed by atoms with Crippen molar-refractivity contribution < 1.29 is 12.6 Å². The first-order valence-electron chi connectivity index (χ1n) is 8.96. The Morgan fingerprint density at radius 3 is 2.17 bits per heavy atom. The molecule has 1 unspecified atom stereocenters. The van der Waals surface area contributed by atoms with Gasteiger partial charge in [0.25, 0.3) is 10.0 Å². The molecule has 150 valence electrons. The summed E-state index contributed by atoms with van der Waals surface area (Å²) in [4.78, 5) is 3.73. The summed E-state index contributed by atoms with van der Waals surface area (Å²) in [7, 11) is -5.70. The molecule has 7 nitrogen and oxygen atoms in total. The Kier molecular flexibility index (Phi) is 5.41. The molecule has 9 heteroatoms. The largest absolute Gasteiger partial charge is 0.268 e. The van der Waals surface area contributed by atoms with Crippen LogP contribution in [0.2, 0.25) is 0 Å². The van der Waals surface area contributed by atoms with Crippen LogP contribution in [0.5, 0.6) is 0 Å². The summed E-state index contributed by atoms with van der Waals surface area (Å²) in [6.45, 7) is -0.259. The molecule has 3 aromatic carbocycles. The highest BCUT2D eigenvalue weighted by atomic mass is 32.2. The van der Waals surface area contributed by atoms with Crippen LogP contribution in [-0.4, -0.2) is 16.6 Å². The van der Waals surface area contributed by atoms with E-state index in [1.807, 2.05) is 6.07 Å². The fraction of sp³-hybridized carbons (Fsp3) is 0.0476. The van der Waals surface area contributed by atoms with Crippen LogP contribution in [0.4, 0.5) is 0 Å². The highest BCUT2D eigenvalue weighted by Gasteiger charge is 2.29. The zero-order chi connectivity index (χ0) is 21.1. The van der Waals surface area contributed by atoms with Gasteiger partial charge >= 0.3 is 0 Å². The maximum absolute atomic E-state index is 13.5. The first-order chi connectivity index (χ1) is 14.6. The van der Waals surface area contributed by atoms with Gasteiger partial charge in [-0.05, 0) is 35.9 Å². The molecule has 30 heavy (non-hydrogen) atoms. The van der Waals surface area contributed by atoms with Crippen molar-refractivity contribution in [2.24, 2.45) is 5.11 Å². The first kappa shape index (κ1) is 19.9. The highest BCUT2D eigenvalue weighted by Crippen LogP contribution is 2.35. The summed E-state index contributed by atoms with van der Waals surface area (Å²) in [6, 6.07) is 23.6. The molecule has 0 aliphatic carbocycles. The minimum absolute atomic E-state index is 0.0879. The van der Waals surface area contributed by atoms with Crippen molar-refractivity contribution in [2.75, 3.05) is 0 Å². The number of hydrogen-bond acceptors (Lipinski definition) is 4. The summed E-state index contributed by atoms with van der Waals surface area (Å²) >= 11 is 0. The molecule has 0 fully saturated rings. The van der Waals surface area contributed by atoms with Crippen LogP contribution in [0.1, 0.15) is 5.69 Å². The molecule has 0 aliphatic rings. The Bertz CT molecular complexity index is 1390. The Hall–Kier alpha value is -3.39. The molecule has 0 amide bonds. The van der Waals surface area contributed by atoms with Gasteiger partial charge in [-0.3, -0.25) is 0 Å². The van der Waals surface area contributed by atoms with Crippen LogP contribution in [-0.2, 0) is 27.4 Å². The molecule has 0 spiro atoms. The minimum atomic E-state index is -4.02. The second-order valence-corrected chi connectivity index (χ2v) is 9.55. The summed E-state index contributed by atoms with van der Waals surface area (Å²) in [5.74, 6) is 0. The average Bonchev–Trinajstić information content (AvgIpc) is 3.13. The van der Waals surface area contributed by atoms with Crippen LogP contribution in [0, 0.1) is 0 Å². The number of aromatic nitrogens is 1. The van der Waals surface area contributed by atoms with Gasteiger partial charge in [-0.25, -0.2) is 16.6 Å². The summed E-state index contributed by atoms with van der Waals surface area (Å²) in [5, 5.41) is 4.13.